The molecule has 0 saturated carbocycles. The minimum Gasteiger partial charge on any atom is -0.346 e. The molecule has 0 saturated heterocycles. The summed E-state index contributed by atoms with van der Waals surface area (Å²) >= 11 is 0. The van der Waals surface area contributed by atoms with Gasteiger partial charge in [0.1, 0.15) is 0 Å². The molecule has 1 amide bonds. The van der Waals surface area contributed by atoms with Gasteiger partial charge < -0.3 is 9.88 Å². The van der Waals surface area contributed by atoms with Crippen LogP contribution in [0.3, 0.4) is 0 Å². The molecule has 8 heteroatoms. The molecule has 0 aliphatic rings. The van der Waals surface area contributed by atoms with E-state index in [1.165, 1.54) is 29.0 Å². The lowest BCUT2D eigenvalue weighted by Gasteiger charge is -2.15. The number of nitrogens with zero attached hydrogens (tertiary/aromatic N) is 1. The number of rotatable bonds is 4. The Hall–Kier alpha value is -2.45. The summed E-state index contributed by atoms with van der Waals surface area (Å²) in [5.41, 5.74) is 0.707. The number of carbonyl (C=O) groups is 1. The van der Waals surface area contributed by atoms with Crippen LogP contribution in [-0.2, 0) is 17.1 Å². The normalized spacial score (nSPS) is 12.7. The summed E-state index contributed by atoms with van der Waals surface area (Å²) < 4.78 is 23.8. The highest BCUT2D eigenvalue weighted by Gasteiger charge is 2.13. The number of hydrogen-bond donors (Lipinski definition) is 2. The molecule has 0 bridgehead atoms. The van der Waals surface area contributed by atoms with Crippen LogP contribution < -0.4 is 16.0 Å². The van der Waals surface area contributed by atoms with Gasteiger partial charge in [-0.1, -0.05) is 12.1 Å². The molecule has 7 nitrogen and oxygen atoms in total. The maximum atomic E-state index is 12.1. The predicted molar refractivity (Wildman–Crippen MR) is 85.4 cm³/mol. The molecule has 0 fully saturated rings. The Morgan fingerprint density at radius 2 is 1.83 bits per heavy atom. The molecule has 1 atom stereocenters. The topological polar surface area (TPSA) is 111 Å². The van der Waals surface area contributed by atoms with Gasteiger partial charge in [0.2, 0.25) is 10.0 Å². The molecule has 0 aliphatic heterocycles. The molecule has 0 radical (unpaired) electrons. The fraction of sp³-hybridized carbons (Fsp3) is 0.200. The Labute approximate surface area is 133 Å². The lowest BCUT2D eigenvalue weighted by atomic mass is 10.1. The van der Waals surface area contributed by atoms with Crippen LogP contribution in [0, 0.1) is 0 Å². The number of aryl methyl sites for hydroxylation is 1. The number of nitrogens with one attached hydrogen (secondary N) is 1. The number of amides is 1. The van der Waals surface area contributed by atoms with Gasteiger partial charge in [-0.05, 0) is 30.7 Å². The van der Waals surface area contributed by atoms with Crippen molar-refractivity contribution in [1.29, 1.82) is 0 Å². The highest BCUT2D eigenvalue weighted by molar-refractivity contribution is 7.89. The number of carbonyl (C=O) groups excluding carboxylic acids is 1. The van der Waals surface area contributed by atoms with Crippen LogP contribution in [-0.4, -0.2) is 18.9 Å². The zero-order valence-electron chi connectivity index (χ0n) is 12.7. The van der Waals surface area contributed by atoms with E-state index in [9.17, 15) is 18.0 Å². The number of pyridine rings is 1. The Morgan fingerprint density at radius 1 is 1.22 bits per heavy atom. The van der Waals surface area contributed by atoms with E-state index in [1.807, 2.05) is 0 Å². The third-order valence-corrected chi connectivity index (χ3v) is 4.35. The average Bonchev–Trinajstić information content (AvgIpc) is 2.49. The van der Waals surface area contributed by atoms with E-state index in [1.54, 1.807) is 32.2 Å². The first kappa shape index (κ1) is 16.9. The van der Waals surface area contributed by atoms with Gasteiger partial charge in [-0.2, -0.15) is 0 Å². The lowest BCUT2D eigenvalue weighted by Crippen LogP contribution is -2.28. The SMILES string of the molecule is CC(NC(=O)c1ccn(C)c(=O)c1)c1ccc(S(N)(=O)=O)cc1. The van der Waals surface area contributed by atoms with Crippen molar-refractivity contribution in [2.45, 2.75) is 17.9 Å². The first-order chi connectivity index (χ1) is 10.7. The average molecular weight is 335 g/mol. The minimum absolute atomic E-state index is 0.00586. The number of primary sulfonamides is 1. The van der Waals surface area contributed by atoms with E-state index in [0.717, 1.165) is 5.56 Å². The predicted octanol–water partition coefficient (Wildman–Crippen LogP) is 0.524. The second-order valence-electron chi connectivity index (χ2n) is 5.17. The largest absolute Gasteiger partial charge is 0.346 e. The molecule has 0 spiro atoms. The zero-order valence-corrected chi connectivity index (χ0v) is 13.5. The molecule has 122 valence electrons. The second kappa shape index (κ2) is 6.35. The molecule has 1 aromatic carbocycles. The maximum absolute atomic E-state index is 12.1. The summed E-state index contributed by atoms with van der Waals surface area (Å²) in [6, 6.07) is 8.36. The van der Waals surface area contributed by atoms with Crippen molar-refractivity contribution >= 4 is 15.9 Å². The van der Waals surface area contributed by atoms with E-state index in [2.05, 4.69) is 5.32 Å². The van der Waals surface area contributed by atoms with Crippen molar-refractivity contribution in [3.05, 3.63) is 64.1 Å². The van der Waals surface area contributed by atoms with Gasteiger partial charge in [0.25, 0.3) is 11.5 Å². The number of nitrogens with two attached hydrogens (primary N) is 1. The standard InChI is InChI=1S/C15H17N3O4S/c1-10(11-3-5-13(6-4-11)23(16,21)22)17-15(20)12-7-8-18(2)14(19)9-12/h3-10H,1-2H3,(H,17,20)(H2,16,21,22). The Morgan fingerprint density at radius 3 is 2.35 bits per heavy atom. The van der Waals surface area contributed by atoms with E-state index >= 15 is 0 Å². The van der Waals surface area contributed by atoms with Gasteiger partial charge in [0.15, 0.2) is 0 Å². The number of benzene rings is 1. The van der Waals surface area contributed by atoms with Gasteiger partial charge in [-0.25, -0.2) is 13.6 Å². The second-order valence-corrected chi connectivity index (χ2v) is 6.74. The van der Waals surface area contributed by atoms with Crippen LogP contribution in [0.4, 0.5) is 0 Å². The Kier molecular flexibility index (Phi) is 4.67. The zero-order chi connectivity index (χ0) is 17.2. The molecule has 1 unspecified atom stereocenters. The van der Waals surface area contributed by atoms with Crippen molar-refractivity contribution in [2.75, 3.05) is 0 Å². The van der Waals surface area contributed by atoms with Crippen LogP contribution in [0.15, 0.2) is 52.3 Å². The molecule has 1 aromatic heterocycles. The van der Waals surface area contributed by atoms with Crippen LogP contribution in [0.25, 0.3) is 0 Å². The minimum atomic E-state index is -3.74. The lowest BCUT2D eigenvalue weighted by molar-refractivity contribution is 0.0939. The monoisotopic (exact) mass is 335 g/mol. The summed E-state index contributed by atoms with van der Waals surface area (Å²) in [5.74, 6) is -0.384. The fourth-order valence-electron chi connectivity index (χ4n) is 2.00. The van der Waals surface area contributed by atoms with Crippen LogP contribution in [0.1, 0.15) is 28.9 Å². The first-order valence-electron chi connectivity index (χ1n) is 6.79. The van der Waals surface area contributed by atoms with Crippen molar-refractivity contribution in [2.24, 2.45) is 12.2 Å². The smallest absolute Gasteiger partial charge is 0.252 e. The van der Waals surface area contributed by atoms with Gasteiger partial charge in [-0.3, -0.25) is 9.59 Å². The van der Waals surface area contributed by atoms with Gasteiger partial charge in [0.05, 0.1) is 10.9 Å². The number of sulfonamides is 1. The van der Waals surface area contributed by atoms with E-state index in [-0.39, 0.29) is 28.0 Å². The van der Waals surface area contributed by atoms with Gasteiger partial charge in [0, 0.05) is 24.9 Å². The fourth-order valence-corrected chi connectivity index (χ4v) is 2.51. The number of hydrogen-bond acceptors (Lipinski definition) is 4. The Bertz CT molecular complexity index is 886. The molecule has 0 aliphatic carbocycles. The summed E-state index contributed by atoms with van der Waals surface area (Å²) in [4.78, 5) is 23.7. The Balaban J connectivity index is 2.15. The van der Waals surface area contributed by atoms with Crippen molar-refractivity contribution in [3.8, 4) is 0 Å². The third kappa shape index (κ3) is 4.05. The van der Waals surface area contributed by atoms with Crippen LogP contribution in [0.2, 0.25) is 0 Å². The highest BCUT2D eigenvalue weighted by Crippen LogP contribution is 2.16. The van der Waals surface area contributed by atoms with E-state index < -0.39 is 10.0 Å². The third-order valence-electron chi connectivity index (χ3n) is 3.42. The molecular weight excluding hydrogens is 318 g/mol. The van der Waals surface area contributed by atoms with Crippen LogP contribution >= 0.6 is 0 Å². The van der Waals surface area contributed by atoms with E-state index in [0.29, 0.717) is 0 Å². The van der Waals surface area contributed by atoms with Crippen molar-refractivity contribution in [3.63, 3.8) is 0 Å². The summed E-state index contributed by atoms with van der Waals surface area (Å²) in [5, 5.41) is 7.79. The molecule has 2 rings (SSSR count). The van der Waals surface area contributed by atoms with Crippen molar-refractivity contribution < 1.29 is 13.2 Å². The quantitative estimate of drug-likeness (QED) is 0.848. The van der Waals surface area contributed by atoms with Gasteiger partial charge >= 0.3 is 0 Å². The number of aromatic nitrogens is 1. The van der Waals surface area contributed by atoms with Crippen LogP contribution in [0.5, 0.6) is 0 Å². The molecular formula is C15H17N3O4S. The molecule has 2 aromatic rings. The molecule has 3 N–H and O–H groups in total. The highest BCUT2D eigenvalue weighted by atomic mass is 32.2. The van der Waals surface area contributed by atoms with Gasteiger partial charge in [-0.15, -0.1) is 0 Å². The first-order valence-corrected chi connectivity index (χ1v) is 8.33. The summed E-state index contributed by atoms with van der Waals surface area (Å²) in [7, 11) is -2.15. The molecule has 23 heavy (non-hydrogen) atoms. The van der Waals surface area contributed by atoms with Crippen molar-refractivity contribution in [1.82, 2.24) is 9.88 Å². The summed E-state index contributed by atoms with van der Waals surface area (Å²) in [6.07, 6.45) is 1.52. The maximum Gasteiger partial charge on any atom is 0.252 e. The van der Waals surface area contributed by atoms with E-state index in [4.69, 9.17) is 5.14 Å². The summed E-state index contributed by atoms with van der Waals surface area (Å²) in [6.45, 7) is 1.75. The molecule has 1 heterocycles.